The Bertz CT molecular complexity index is 1840. The third kappa shape index (κ3) is 18.6. The van der Waals surface area contributed by atoms with Crippen LogP contribution in [0.25, 0.3) is 0 Å². The number of hydrogen-bond acceptors (Lipinski definition) is 14. The van der Waals surface area contributed by atoms with Crippen LogP contribution in [-0.2, 0) is 56.5 Å². The van der Waals surface area contributed by atoms with Gasteiger partial charge in [-0.2, -0.15) is 15.6 Å². The van der Waals surface area contributed by atoms with Crippen molar-refractivity contribution in [2.24, 2.45) is 5.90 Å². The fourth-order valence-corrected chi connectivity index (χ4v) is 7.01. The molecule has 6 N–H and O–H groups in total. The summed E-state index contributed by atoms with van der Waals surface area (Å²) in [6.07, 6.45) is 2.37. The van der Waals surface area contributed by atoms with Crippen LogP contribution in [0.1, 0.15) is 99.6 Å². The van der Waals surface area contributed by atoms with Crippen molar-refractivity contribution in [3.05, 3.63) is 71.8 Å². The van der Waals surface area contributed by atoms with Crippen molar-refractivity contribution in [2.45, 2.75) is 131 Å². The van der Waals surface area contributed by atoms with E-state index in [1.54, 1.807) is 25.7 Å². The third-order valence-corrected chi connectivity index (χ3v) is 9.96. The zero-order valence-corrected chi connectivity index (χ0v) is 36.2. The zero-order valence-electron chi connectivity index (χ0n) is 36.2. The SMILES string of the molecule is C.C.C.CC(=O)NCCONCC(=O)[C@@H]1CC[C@@H]2CN1C(=O)N2OCc1ccccc1.CC(C)(C)OC(=O)NC(=O)CCCON.O=C(O)[C@@H]1CC[C@@H]2CN1C(=O)N2OCc1ccccc1. The van der Waals surface area contributed by atoms with Crippen LogP contribution < -0.4 is 22.0 Å². The van der Waals surface area contributed by atoms with Crippen LogP contribution in [-0.4, -0.2) is 136 Å². The van der Waals surface area contributed by atoms with Gasteiger partial charge < -0.3 is 29.8 Å². The highest BCUT2D eigenvalue weighted by molar-refractivity contribution is 5.92. The van der Waals surface area contributed by atoms with Crippen LogP contribution in [0, 0.1) is 0 Å². The first kappa shape index (κ1) is 58.3. The summed E-state index contributed by atoms with van der Waals surface area (Å²) in [5.41, 5.74) is 3.96. The standard InChI is InChI=1S/C19H26N4O5.C14H16N2O4.C9H18N2O4.3CH4/c1-14(24)20-9-10-27-21-11-18(25)17-8-7-16-12-22(17)19(26)23(16)28-13-15-5-3-2-4-6-15;17-13(18)12-7-6-11-8-15(12)14(19)16(11)20-9-10-4-2-1-3-5-10;1-9(2,3)15-8(13)11-7(12)5-4-6-14-10;;;/h2-6,16-17,21H,7-13H2,1H3,(H,20,24);1-5,11-12H,6-9H2,(H,17,18);4-6,10H2,1-3H3,(H,11,12,13);3*1H4/t16-,17+;11-,12+;;;;/m11..../s1. The Morgan fingerprint density at radius 2 is 1.26 bits per heavy atom. The monoisotopic (exact) mass is 933 g/mol. The number of nitrogens with zero attached hydrogens (tertiary/aromatic N) is 4. The number of benzene rings is 2. The number of Topliss-reactive ketones (excluding diaryl/α,β-unsaturated/α-hetero) is 1. The number of hydrogen-bond donors (Lipinski definition) is 5. The van der Waals surface area contributed by atoms with Crippen LogP contribution >= 0.6 is 0 Å². The molecule has 4 heterocycles. The molecule has 0 unspecified atom stereocenters. The second-order valence-corrected chi connectivity index (χ2v) is 16.0. The number of aliphatic carboxylic acids is 1. The Morgan fingerprint density at radius 3 is 1.73 bits per heavy atom. The number of carbonyl (C=O) groups excluding carboxylic acids is 6. The van der Waals surface area contributed by atoms with E-state index >= 15 is 0 Å². The summed E-state index contributed by atoms with van der Waals surface area (Å²) < 4.78 is 4.89. The van der Waals surface area contributed by atoms with Gasteiger partial charge in [-0.05, 0) is 64.0 Å². The van der Waals surface area contributed by atoms with E-state index in [2.05, 4.69) is 21.0 Å². The molecule has 21 heteroatoms. The predicted octanol–water partition coefficient (Wildman–Crippen LogP) is 4.70. The van der Waals surface area contributed by atoms with E-state index in [-0.39, 0.29) is 84.3 Å². The second-order valence-electron chi connectivity index (χ2n) is 16.0. The molecule has 66 heavy (non-hydrogen) atoms. The summed E-state index contributed by atoms with van der Waals surface area (Å²) in [5.74, 6) is 3.19. The fourth-order valence-electron chi connectivity index (χ4n) is 7.01. The smallest absolute Gasteiger partial charge is 0.414 e. The van der Waals surface area contributed by atoms with Gasteiger partial charge in [0.25, 0.3) is 0 Å². The van der Waals surface area contributed by atoms with Gasteiger partial charge in [-0.3, -0.25) is 34.2 Å². The van der Waals surface area contributed by atoms with Crippen molar-refractivity contribution in [3.63, 3.8) is 0 Å². The molecule has 4 bridgehead atoms. The lowest BCUT2D eigenvalue weighted by Gasteiger charge is -2.29. The Morgan fingerprint density at radius 1 is 0.758 bits per heavy atom. The fraction of sp³-hybridized carbons (Fsp3) is 0.578. The average molecular weight is 933 g/mol. The third-order valence-electron chi connectivity index (χ3n) is 9.96. The number of alkyl carbamates (subject to hydrolysis) is 1. The van der Waals surface area contributed by atoms with Gasteiger partial charge in [0.15, 0.2) is 5.78 Å². The van der Waals surface area contributed by atoms with Gasteiger partial charge in [0.1, 0.15) is 24.9 Å². The van der Waals surface area contributed by atoms with Gasteiger partial charge in [0, 0.05) is 33.0 Å². The summed E-state index contributed by atoms with van der Waals surface area (Å²) >= 11 is 0. The van der Waals surface area contributed by atoms with Gasteiger partial charge >= 0.3 is 24.1 Å². The number of piperidine rings is 2. The molecule has 2 aromatic rings. The Labute approximate surface area is 388 Å². The van der Waals surface area contributed by atoms with E-state index in [1.807, 2.05) is 60.7 Å². The van der Waals surface area contributed by atoms with Crippen LogP contribution in [0.2, 0.25) is 0 Å². The summed E-state index contributed by atoms with van der Waals surface area (Å²) in [6, 6.07) is 17.4. The van der Waals surface area contributed by atoms with Crippen molar-refractivity contribution in [3.8, 4) is 0 Å². The number of urea groups is 2. The van der Waals surface area contributed by atoms with E-state index in [1.165, 1.54) is 22.0 Å². The minimum atomic E-state index is -0.943. The molecule has 21 nitrogen and oxygen atoms in total. The van der Waals surface area contributed by atoms with Gasteiger partial charge in [-0.15, -0.1) is 0 Å². The van der Waals surface area contributed by atoms with Crippen LogP contribution in [0.3, 0.4) is 0 Å². The van der Waals surface area contributed by atoms with E-state index in [0.717, 1.165) is 17.5 Å². The highest BCUT2D eigenvalue weighted by Gasteiger charge is 2.49. The number of hydroxylamine groups is 5. The van der Waals surface area contributed by atoms with Crippen molar-refractivity contribution in [1.82, 2.24) is 36.0 Å². The van der Waals surface area contributed by atoms with Gasteiger partial charge in [-0.25, -0.2) is 25.1 Å². The molecule has 4 atom stereocenters. The number of imide groups is 1. The number of amides is 7. The molecule has 0 aromatic heterocycles. The molecule has 6 rings (SSSR count). The molecule has 4 fully saturated rings. The number of nitrogens with two attached hydrogens (primary N) is 1. The van der Waals surface area contributed by atoms with E-state index in [9.17, 15) is 33.6 Å². The molecule has 2 aromatic carbocycles. The topological polar surface area (TPSA) is 261 Å². The Kier molecular flexibility index (Phi) is 25.7. The molecule has 0 spiro atoms. The first-order valence-corrected chi connectivity index (χ1v) is 20.8. The molecule has 4 aliphatic heterocycles. The summed E-state index contributed by atoms with van der Waals surface area (Å²) in [6.45, 7) is 9.05. The molecule has 0 radical (unpaired) electrons. The minimum Gasteiger partial charge on any atom is -0.480 e. The molecule has 4 saturated heterocycles. The van der Waals surface area contributed by atoms with Crippen LogP contribution in [0.15, 0.2) is 60.7 Å². The number of ether oxygens (including phenoxy) is 1. The molecule has 370 valence electrons. The normalized spacial score (nSPS) is 19.0. The molecule has 4 aliphatic rings. The first-order valence-electron chi connectivity index (χ1n) is 20.8. The van der Waals surface area contributed by atoms with Crippen molar-refractivity contribution in [2.75, 3.05) is 39.4 Å². The van der Waals surface area contributed by atoms with Gasteiger partial charge in [0.2, 0.25) is 11.8 Å². The number of carboxylic acid groups (broad SMARTS) is 1. The van der Waals surface area contributed by atoms with Gasteiger partial charge in [-0.1, -0.05) is 82.9 Å². The second kappa shape index (κ2) is 29.0. The average Bonchev–Trinajstić information content (AvgIpc) is 3.62. The zero-order chi connectivity index (χ0) is 45.9. The molecular weight excluding hydrogens is 861 g/mol. The van der Waals surface area contributed by atoms with Crippen molar-refractivity contribution in [1.29, 1.82) is 0 Å². The maximum atomic E-state index is 12.7. The lowest BCUT2D eigenvalue weighted by Crippen LogP contribution is -2.48. The highest BCUT2D eigenvalue weighted by Crippen LogP contribution is 2.32. The number of nitrogens with one attached hydrogen (secondary N) is 3. The molecule has 0 saturated carbocycles. The van der Waals surface area contributed by atoms with Crippen LogP contribution in [0.4, 0.5) is 14.4 Å². The van der Waals surface area contributed by atoms with Crippen molar-refractivity contribution < 1.29 is 62.8 Å². The number of fused-ring (bicyclic) bond motifs is 4. The Hall–Kier alpha value is -5.71. The summed E-state index contributed by atoms with van der Waals surface area (Å²) in [4.78, 5) is 105. The maximum Gasteiger partial charge on any atom is 0.414 e. The van der Waals surface area contributed by atoms with E-state index < -0.39 is 35.7 Å². The number of rotatable bonds is 18. The lowest BCUT2D eigenvalue weighted by molar-refractivity contribution is -0.143. The highest BCUT2D eigenvalue weighted by atomic mass is 16.7. The number of carbonyl (C=O) groups is 7. The maximum absolute atomic E-state index is 12.7. The van der Waals surface area contributed by atoms with E-state index in [0.29, 0.717) is 58.5 Å². The summed E-state index contributed by atoms with van der Waals surface area (Å²) in [7, 11) is 0. The van der Waals surface area contributed by atoms with E-state index in [4.69, 9.17) is 30.3 Å². The van der Waals surface area contributed by atoms with Gasteiger partial charge in [0.05, 0.1) is 37.9 Å². The summed E-state index contributed by atoms with van der Waals surface area (Å²) in [5, 5.41) is 16.6. The number of carboxylic acids is 1. The first-order chi connectivity index (χ1) is 30.1. The quantitative estimate of drug-likeness (QED) is 0.100. The largest absolute Gasteiger partial charge is 0.480 e. The van der Waals surface area contributed by atoms with Crippen LogP contribution in [0.5, 0.6) is 0 Å². The predicted molar refractivity (Wildman–Crippen MR) is 243 cm³/mol. The Balaban J connectivity index is 0.000000509. The molecule has 7 amide bonds. The number of ketones is 1. The lowest BCUT2D eigenvalue weighted by atomic mass is 9.98. The molecule has 0 aliphatic carbocycles. The molecular formula is C45H72N8O13. The minimum absolute atomic E-state index is 0. The van der Waals surface area contributed by atoms with Crippen molar-refractivity contribution >= 4 is 41.7 Å².